The van der Waals surface area contributed by atoms with Gasteiger partial charge in [0.25, 0.3) is 11.1 Å². The molecule has 1 saturated heterocycles. The molecule has 0 saturated carbocycles. The number of imide groups is 1. The summed E-state index contributed by atoms with van der Waals surface area (Å²) in [6, 6.07) is 18.7. The van der Waals surface area contributed by atoms with Crippen molar-refractivity contribution in [2.75, 3.05) is 7.11 Å². The molecule has 0 aromatic heterocycles. The van der Waals surface area contributed by atoms with E-state index in [1.807, 2.05) is 0 Å². The number of nitriles is 1. The van der Waals surface area contributed by atoms with Crippen molar-refractivity contribution in [2.24, 2.45) is 0 Å². The van der Waals surface area contributed by atoms with Crippen LogP contribution < -0.4 is 9.47 Å². The number of methoxy groups -OCH3 is 1. The van der Waals surface area contributed by atoms with Gasteiger partial charge < -0.3 is 14.6 Å². The van der Waals surface area contributed by atoms with Gasteiger partial charge in [0.1, 0.15) is 6.61 Å². The molecule has 1 heterocycles. The first-order chi connectivity index (χ1) is 17.8. The summed E-state index contributed by atoms with van der Waals surface area (Å²) in [7, 11) is 1.48. The molecule has 1 aliphatic rings. The van der Waals surface area contributed by atoms with Crippen molar-refractivity contribution in [3.05, 3.63) is 97.9 Å². The maximum absolute atomic E-state index is 13.0. The van der Waals surface area contributed by atoms with Crippen LogP contribution >= 0.6 is 27.7 Å². The van der Waals surface area contributed by atoms with E-state index < -0.39 is 17.1 Å². The normalized spacial score (nSPS) is 14.1. The Hall–Kier alpha value is -4.07. The van der Waals surface area contributed by atoms with Gasteiger partial charge in [-0.25, -0.2) is 4.79 Å². The molecule has 0 atom stereocenters. The minimum absolute atomic E-state index is 0.00854. The Balaban J connectivity index is 1.54. The van der Waals surface area contributed by atoms with Crippen LogP contribution in [0.15, 0.2) is 70.0 Å². The summed E-state index contributed by atoms with van der Waals surface area (Å²) in [5.74, 6) is -0.682. The van der Waals surface area contributed by atoms with Gasteiger partial charge in [0.15, 0.2) is 11.5 Å². The van der Waals surface area contributed by atoms with Gasteiger partial charge in [0.2, 0.25) is 0 Å². The van der Waals surface area contributed by atoms with Crippen LogP contribution in [-0.2, 0) is 17.9 Å². The Morgan fingerprint density at radius 1 is 1.16 bits per heavy atom. The summed E-state index contributed by atoms with van der Waals surface area (Å²) in [6.45, 7) is 0.118. The number of thioether (sulfide) groups is 1. The average Bonchev–Trinajstić information content (AvgIpc) is 3.15. The second kappa shape index (κ2) is 11.3. The highest BCUT2D eigenvalue weighted by molar-refractivity contribution is 9.10. The van der Waals surface area contributed by atoms with Crippen molar-refractivity contribution in [3.63, 3.8) is 0 Å². The van der Waals surface area contributed by atoms with Crippen LogP contribution in [0.2, 0.25) is 0 Å². The van der Waals surface area contributed by atoms with E-state index in [4.69, 9.17) is 9.47 Å². The molecular weight excluding hydrogens is 560 g/mol. The van der Waals surface area contributed by atoms with E-state index in [-0.39, 0.29) is 23.6 Å². The fourth-order valence-corrected chi connectivity index (χ4v) is 5.05. The highest BCUT2D eigenvalue weighted by atomic mass is 79.9. The van der Waals surface area contributed by atoms with E-state index in [0.29, 0.717) is 38.2 Å². The van der Waals surface area contributed by atoms with E-state index in [1.54, 1.807) is 54.6 Å². The van der Waals surface area contributed by atoms with Crippen molar-refractivity contribution < 1.29 is 29.0 Å². The molecule has 186 valence electrons. The van der Waals surface area contributed by atoms with Gasteiger partial charge in [0.05, 0.1) is 40.2 Å². The van der Waals surface area contributed by atoms with E-state index in [2.05, 4.69) is 22.0 Å². The number of benzene rings is 3. The number of hydrogen-bond acceptors (Lipinski definition) is 7. The van der Waals surface area contributed by atoms with E-state index in [1.165, 1.54) is 19.2 Å². The SMILES string of the molecule is COc1cc(/C=C2/SC(=O)N(Cc3ccccc3C#N)C2=O)cc(Br)c1OCc1cccc(C(=O)O)c1. The molecule has 37 heavy (non-hydrogen) atoms. The Bertz CT molecular complexity index is 1480. The van der Waals surface area contributed by atoms with Gasteiger partial charge in [-0.05, 0) is 80.8 Å². The summed E-state index contributed by atoms with van der Waals surface area (Å²) >= 11 is 4.29. The molecule has 4 rings (SSSR count). The first kappa shape index (κ1) is 26.0. The second-order valence-corrected chi connectivity index (χ2v) is 9.71. The average molecular weight is 579 g/mol. The molecule has 0 aliphatic carbocycles. The number of carboxylic acid groups (broad SMARTS) is 1. The number of ether oxygens (including phenoxy) is 2. The molecule has 1 fully saturated rings. The molecule has 0 radical (unpaired) electrons. The Morgan fingerprint density at radius 2 is 1.95 bits per heavy atom. The Morgan fingerprint density at radius 3 is 2.68 bits per heavy atom. The maximum Gasteiger partial charge on any atom is 0.335 e. The minimum Gasteiger partial charge on any atom is -0.493 e. The number of halogens is 1. The first-order valence-corrected chi connectivity index (χ1v) is 12.5. The third kappa shape index (κ3) is 5.85. The van der Waals surface area contributed by atoms with Crippen LogP contribution in [0.4, 0.5) is 4.79 Å². The number of amides is 2. The largest absolute Gasteiger partial charge is 0.493 e. The van der Waals surface area contributed by atoms with E-state index in [9.17, 15) is 24.8 Å². The number of aromatic carboxylic acids is 1. The standard InChI is InChI=1S/C27H19BrN2O6S/c1-35-22-11-17(10-21(28)24(22)36-15-16-5-4-8-18(9-16)26(32)33)12-23-25(31)30(27(34)37-23)14-20-7-3-2-6-19(20)13-29/h2-12H,14-15H2,1H3,(H,32,33)/b23-12+. The smallest absolute Gasteiger partial charge is 0.335 e. The van der Waals surface area contributed by atoms with Crippen LogP contribution in [0.5, 0.6) is 11.5 Å². The molecule has 8 nitrogen and oxygen atoms in total. The number of hydrogen-bond donors (Lipinski definition) is 1. The summed E-state index contributed by atoms with van der Waals surface area (Å²) in [5.41, 5.74) is 2.43. The first-order valence-electron chi connectivity index (χ1n) is 10.9. The van der Waals surface area contributed by atoms with Gasteiger partial charge >= 0.3 is 5.97 Å². The number of carbonyl (C=O) groups is 3. The zero-order valence-corrected chi connectivity index (χ0v) is 21.8. The fraction of sp³-hybridized carbons (Fsp3) is 0.111. The molecule has 1 N–H and O–H groups in total. The van der Waals surface area contributed by atoms with Crippen molar-refractivity contribution in [1.29, 1.82) is 5.26 Å². The summed E-state index contributed by atoms with van der Waals surface area (Å²) in [5, 5.41) is 18.1. The van der Waals surface area contributed by atoms with Crippen LogP contribution in [0, 0.1) is 11.3 Å². The third-order valence-corrected chi connectivity index (χ3v) is 6.94. The second-order valence-electron chi connectivity index (χ2n) is 7.87. The van der Waals surface area contributed by atoms with Gasteiger partial charge in [0, 0.05) is 0 Å². The minimum atomic E-state index is -1.02. The molecule has 0 unspecified atom stereocenters. The lowest BCUT2D eigenvalue weighted by Gasteiger charge is -2.14. The highest BCUT2D eigenvalue weighted by Crippen LogP contribution is 2.40. The van der Waals surface area contributed by atoms with Crippen molar-refractivity contribution in [1.82, 2.24) is 4.90 Å². The maximum atomic E-state index is 13.0. The van der Waals surface area contributed by atoms with E-state index >= 15 is 0 Å². The monoisotopic (exact) mass is 578 g/mol. The number of rotatable bonds is 8. The van der Waals surface area contributed by atoms with Gasteiger partial charge in [-0.3, -0.25) is 14.5 Å². The molecule has 3 aromatic rings. The van der Waals surface area contributed by atoms with Crippen molar-refractivity contribution in [3.8, 4) is 17.6 Å². The van der Waals surface area contributed by atoms with Crippen molar-refractivity contribution in [2.45, 2.75) is 13.2 Å². The predicted octanol–water partition coefficient (Wildman–Crippen LogP) is 5.84. The lowest BCUT2D eigenvalue weighted by molar-refractivity contribution is -0.123. The number of carbonyl (C=O) groups excluding carboxylic acids is 2. The predicted molar refractivity (Wildman–Crippen MR) is 141 cm³/mol. The Labute approximate surface area is 225 Å². The zero-order chi connectivity index (χ0) is 26.5. The third-order valence-electron chi connectivity index (χ3n) is 5.45. The molecule has 2 amide bonds. The topological polar surface area (TPSA) is 117 Å². The molecular formula is C27H19BrN2O6S. The highest BCUT2D eigenvalue weighted by Gasteiger charge is 2.35. The zero-order valence-electron chi connectivity index (χ0n) is 19.4. The summed E-state index contributed by atoms with van der Waals surface area (Å²) < 4.78 is 11.9. The lowest BCUT2D eigenvalue weighted by Crippen LogP contribution is -2.27. The summed E-state index contributed by atoms with van der Waals surface area (Å²) in [6.07, 6.45) is 1.59. The molecule has 10 heteroatoms. The van der Waals surface area contributed by atoms with Crippen molar-refractivity contribution >= 4 is 50.9 Å². The van der Waals surface area contributed by atoms with Gasteiger partial charge in [-0.15, -0.1) is 0 Å². The number of carboxylic acids is 1. The van der Waals surface area contributed by atoms with Crippen LogP contribution in [0.1, 0.15) is 32.6 Å². The van der Waals surface area contributed by atoms with Crippen LogP contribution in [0.25, 0.3) is 6.08 Å². The fourth-order valence-electron chi connectivity index (χ4n) is 3.64. The molecule has 3 aromatic carbocycles. The quantitative estimate of drug-likeness (QED) is 0.331. The number of nitrogens with zero attached hydrogens (tertiary/aromatic N) is 2. The summed E-state index contributed by atoms with van der Waals surface area (Å²) in [4.78, 5) is 38.1. The Kier molecular flexibility index (Phi) is 7.96. The van der Waals surface area contributed by atoms with E-state index in [0.717, 1.165) is 16.7 Å². The van der Waals surface area contributed by atoms with Crippen LogP contribution in [0.3, 0.4) is 0 Å². The molecule has 0 spiro atoms. The lowest BCUT2D eigenvalue weighted by atomic mass is 10.1. The molecule has 0 bridgehead atoms. The van der Waals surface area contributed by atoms with Gasteiger partial charge in [-0.1, -0.05) is 30.3 Å². The van der Waals surface area contributed by atoms with Crippen LogP contribution in [-0.4, -0.2) is 34.2 Å². The molecule has 1 aliphatic heterocycles. The van der Waals surface area contributed by atoms with Gasteiger partial charge in [-0.2, -0.15) is 5.26 Å².